The second-order valence-electron chi connectivity index (χ2n) is 5.78. The van der Waals surface area contributed by atoms with Crippen LogP contribution in [0, 0.1) is 11.8 Å². The first-order valence-electron chi connectivity index (χ1n) is 7.63. The van der Waals surface area contributed by atoms with E-state index in [0.717, 1.165) is 22.8 Å². The Hall–Kier alpha value is -1.42. The summed E-state index contributed by atoms with van der Waals surface area (Å²) in [6.45, 7) is 2.34. The van der Waals surface area contributed by atoms with E-state index < -0.39 is 0 Å². The minimum absolute atomic E-state index is 0.235. The summed E-state index contributed by atoms with van der Waals surface area (Å²) in [5.41, 5.74) is 1.10. The van der Waals surface area contributed by atoms with Crippen LogP contribution in [0.2, 0.25) is 0 Å². The van der Waals surface area contributed by atoms with E-state index in [-0.39, 0.29) is 6.04 Å². The maximum Gasteiger partial charge on any atom is 0.131 e. The summed E-state index contributed by atoms with van der Waals surface area (Å²) in [4.78, 5) is 0. The molecule has 1 saturated carbocycles. The molecule has 3 unspecified atom stereocenters. The average molecular weight is 293 g/mol. The molecule has 0 amide bonds. The number of nitrogens with one attached hydrogen (secondary N) is 1. The van der Waals surface area contributed by atoms with Crippen molar-refractivity contribution in [3.8, 4) is 17.2 Å². The Morgan fingerprint density at radius 2 is 1.67 bits per heavy atom. The van der Waals surface area contributed by atoms with E-state index in [1.807, 2.05) is 19.2 Å². The highest BCUT2D eigenvalue weighted by Gasteiger charge is 2.34. The van der Waals surface area contributed by atoms with Gasteiger partial charge in [-0.15, -0.1) is 0 Å². The van der Waals surface area contributed by atoms with Gasteiger partial charge in [-0.3, -0.25) is 0 Å². The minimum Gasteiger partial charge on any atom is -0.496 e. The van der Waals surface area contributed by atoms with Gasteiger partial charge in [0.1, 0.15) is 17.2 Å². The molecule has 3 atom stereocenters. The molecule has 118 valence electrons. The Labute approximate surface area is 127 Å². The monoisotopic (exact) mass is 293 g/mol. The van der Waals surface area contributed by atoms with Crippen LogP contribution in [0.25, 0.3) is 0 Å². The van der Waals surface area contributed by atoms with Crippen molar-refractivity contribution in [2.24, 2.45) is 11.8 Å². The standard InChI is InChI=1S/C17H27NO3/c1-11-7-6-8-13(11)17(18-2)16-14(20-4)9-12(19-3)10-15(16)21-5/h9-11,13,17-18H,6-8H2,1-5H3. The molecule has 1 fully saturated rings. The Morgan fingerprint density at radius 1 is 1.05 bits per heavy atom. The Kier molecular flexibility index (Phi) is 5.34. The number of hydrogen-bond acceptors (Lipinski definition) is 4. The quantitative estimate of drug-likeness (QED) is 0.872. The van der Waals surface area contributed by atoms with Crippen LogP contribution < -0.4 is 19.5 Å². The Morgan fingerprint density at radius 3 is 2.05 bits per heavy atom. The highest BCUT2D eigenvalue weighted by atomic mass is 16.5. The van der Waals surface area contributed by atoms with E-state index in [2.05, 4.69) is 12.2 Å². The predicted octanol–water partition coefficient (Wildman–Crippen LogP) is 3.41. The number of hydrogen-bond donors (Lipinski definition) is 1. The molecule has 0 aromatic heterocycles. The van der Waals surface area contributed by atoms with E-state index in [9.17, 15) is 0 Å². The van der Waals surface area contributed by atoms with Crippen molar-refractivity contribution >= 4 is 0 Å². The fourth-order valence-electron chi connectivity index (χ4n) is 3.58. The summed E-state index contributed by atoms with van der Waals surface area (Å²) in [6.07, 6.45) is 3.83. The molecule has 0 bridgehead atoms. The van der Waals surface area contributed by atoms with Crippen LogP contribution in [0.1, 0.15) is 37.8 Å². The van der Waals surface area contributed by atoms with Crippen molar-refractivity contribution in [3.63, 3.8) is 0 Å². The third-order valence-electron chi connectivity index (χ3n) is 4.73. The summed E-state index contributed by atoms with van der Waals surface area (Å²) in [7, 11) is 7.06. The summed E-state index contributed by atoms with van der Waals surface area (Å²) < 4.78 is 16.5. The van der Waals surface area contributed by atoms with Gasteiger partial charge in [0.05, 0.1) is 26.9 Å². The van der Waals surface area contributed by atoms with Crippen molar-refractivity contribution in [1.82, 2.24) is 5.32 Å². The van der Waals surface area contributed by atoms with Gasteiger partial charge in [0.25, 0.3) is 0 Å². The molecule has 1 aliphatic carbocycles. The van der Waals surface area contributed by atoms with Gasteiger partial charge in [-0.05, 0) is 25.3 Å². The molecule has 4 heteroatoms. The first-order chi connectivity index (χ1) is 10.2. The fourth-order valence-corrected chi connectivity index (χ4v) is 3.58. The molecule has 2 rings (SSSR count). The molecule has 4 nitrogen and oxygen atoms in total. The van der Waals surface area contributed by atoms with Crippen LogP contribution in [-0.4, -0.2) is 28.4 Å². The zero-order valence-corrected chi connectivity index (χ0v) is 13.7. The Balaban J connectivity index is 2.48. The lowest BCUT2D eigenvalue weighted by Crippen LogP contribution is -2.27. The zero-order chi connectivity index (χ0) is 15.4. The van der Waals surface area contributed by atoms with Crippen LogP contribution in [0.5, 0.6) is 17.2 Å². The molecule has 0 heterocycles. The predicted molar refractivity (Wildman–Crippen MR) is 84.4 cm³/mol. The lowest BCUT2D eigenvalue weighted by molar-refractivity contribution is 0.291. The number of ether oxygens (including phenoxy) is 3. The highest BCUT2D eigenvalue weighted by molar-refractivity contribution is 5.52. The van der Waals surface area contributed by atoms with Gasteiger partial charge < -0.3 is 19.5 Å². The highest BCUT2D eigenvalue weighted by Crippen LogP contribution is 2.46. The lowest BCUT2D eigenvalue weighted by Gasteiger charge is -2.29. The molecule has 1 aromatic rings. The maximum atomic E-state index is 5.61. The number of benzene rings is 1. The second-order valence-corrected chi connectivity index (χ2v) is 5.78. The van der Waals surface area contributed by atoms with Crippen LogP contribution in [0.3, 0.4) is 0 Å². The Bertz CT molecular complexity index is 450. The maximum absolute atomic E-state index is 5.61. The normalized spacial score (nSPS) is 22.9. The van der Waals surface area contributed by atoms with Crippen LogP contribution in [0.4, 0.5) is 0 Å². The summed E-state index contributed by atoms with van der Waals surface area (Å²) >= 11 is 0. The van der Waals surface area contributed by atoms with Gasteiger partial charge in [0.15, 0.2) is 0 Å². The van der Waals surface area contributed by atoms with Gasteiger partial charge in [0.2, 0.25) is 0 Å². The van der Waals surface area contributed by atoms with Crippen molar-refractivity contribution in [2.75, 3.05) is 28.4 Å². The SMILES string of the molecule is CNC(c1c(OC)cc(OC)cc1OC)C1CCCC1C. The van der Waals surface area contributed by atoms with Crippen molar-refractivity contribution in [3.05, 3.63) is 17.7 Å². The number of methoxy groups -OCH3 is 3. The molecule has 0 saturated heterocycles. The van der Waals surface area contributed by atoms with Gasteiger partial charge in [-0.25, -0.2) is 0 Å². The minimum atomic E-state index is 0.235. The van der Waals surface area contributed by atoms with E-state index >= 15 is 0 Å². The van der Waals surface area contributed by atoms with Gasteiger partial charge in [-0.1, -0.05) is 19.8 Å². The van der Waals surface area contributed by atoms with E-state index in [4.69, 9.17) is 14.2 Å². The molecule has 0 spiro atoms. The number of rotatable bonds is 6. The van der Waals surface area contributed by atoms with Crippen LogP contribution >= 0.6 is 0 Å². The fraction of sp³-hybridized carbons (Fsp3) is 0.647. The summed E-state index contributed by atoms with van der Waals surface area (Å²) in [6, 6.07) is 4.10. The smallest absolute Gasteiger partial charge is 0.131 e. The zero-order valence-electron chi connectivity index (χ0n) is 13.7. The van der Waals surface area contributed by atoms with E-state index in [1.54, 1.807) is 21.3 Å². The third kappa shape index (κ3) is 3.10. The van der Waals surface area contributed by atoms with Gasteiger partial charge in [-0.2, -0.15) is 0 Å². The first-order valence-corrected chi connectivity index (χ1v) is 7.63. The second kappa shape index (κ2) is 7.03. The largest absolute Gasteiger partial charge is 0.496 e. The molecule has 1 aliphatic rings. The van der Waals surface area contributed by atoms with E-state index in [0.29, 0.717) is 11.8 Å². The van der Waals surface area contributed by atoms with Gasteiger partial charge in [0, 0.05) is 18.2 Å². The molecular formula is C17H27NO3. The van der Waals surface area contributed by atoms with Crippen LogP contribution in [0.15, 0.2) is 12.1 Å². The van der Waals surface area contributed by atoms with Crippen molar-refractivity contribution in [2.45, 2.75) is 32.2 Å². The molecular weight excluding hydrogens is 266 g/mol. The van der Waals surface area contributed by atoms with Crippen molar-refractivity contribution in [1.29, 1.82) is 0 Å². The van der Waals surface area contributed by atoms with Gasteiger partial charge >= 0.3 is 0 Å². The third-order valence-corrected chi connectivity index (χ3v) is 4.73. The first kappa shape index (κ1) is 16.0. The van der Waals surface area contributed by atoms with E-state index in [1.165, 1.54) is 19.3 Å². The average Bonchev–Trinajstić information content (AvgIpc) is 2.94. The molecule has 1 N–H and O–H groups in total. The van der Waals surface area contributed by atoms with Crippen molar-refractivity contribution < 1.29 is 14.2 Å². The lowest BCUT2D eigenvalue weighted by atomic mass is 9.85. The van der Waals surface area contributed by atoms with Crippen LogP contribution in [-0.2, 0) is 0 Å². The summed E-state index contributed by atoms with van der Waals surface area (Å²) in [5, 5.41) is 3.48. The molecule has 0 aliphatic heterocycles. The molecule has 1 aromatic carbocycles. The summed E-state index contributed by atoms with van der Waals surface area (Å²) in [5.74, 6) is 3.71. The molecule has 21 heavy (non-hydrogen) atoms. The topological polar surface area (TPSA) is 39.7 Å². The molecule has 0 radical (unpaired) electrons.